The lowest BCUT2D eigenvalue weighted by Gasteiger charge is -2.35. The molecular formula is C23H24N4O2S. The number of anilines is 1. The molecule has 7 heteroatoms. The van der Waals surface area contributed by atoms with Gasteiger partial charge in [-0.2, -0.15) is 0 Å². The first kappa shape index (κ1) is 20.2. The first-order valence-electron chi connectivity index (χ1n) is 10.1. The number of Topliss-reactive ketones (excluding diaryl/α,β-unsaturated/α-hetero) is 1. The van der Waals surface area contributed by atoms with Crippen LogP contribution in [-0.4, -0.2) is 52.7 Å². The van der Waals surface area contributed by atoms with Gasteiger partial charge in [0.05, 0.1) is 10.6 Å². The number of carbonyl (C=O) groups excluding carboxylic acids is 2. The molecule has 0 saturated carbocycles. The van der Waals surface area contributed by atoms with Gasteiger partial charge in [0.15, 0.2) is 5.78 Å². The van der Waals surface area contributed by atoms with E-state index in [2.05, 4.69) is 14.9 Å². The molecule has 1 amide bonds. The molecule has 1 aliphatic heterocycles. The third-order valence-corrected chi connectivity index (χ3v) is 6.12. The maximum atomic E-state index is 12.5. The number of aryl methyl sites for hydroxylation is 1. The van der Waals surface area contributed by atoms with Crippen LogP contribution in [-0.2, 0) is 4.79 Å². The molecule has 3 aromatic rings. The molecule has 154 valence electrons. The number of thiophene rings is 1. The van der Waals surface area contributed by atoms with Crippen molar-refractivity contribution in [2.75, 3.05) is 31.1 Å². The summed E-state index contributed by atoms with van der Waals surface area (Å²) < 4.78 is 0. The van der Waals surface area contributed by atoms with Crippen molar-refractivity contribution in [3.63, 3.8) is 0 Å². The number of hydrogen-bond acceptors (Lipinski definition) is 6. The second-order valence-electron chi connectivity index (χ2n) is 7.29. The van der Waals surface area contributed by atoms with E-state index < -0.39 is 0 Å². The molecule has 0 N–H and O–H groups in total. The summed E-state index contributed by atoms with van der Waals surface area (Å²) >= 11 is 1.42. The number of piperazine rings is 1. The van der Waals surface area contributed by atoms with Gasteiger partial charge in [-0.1, -0.05) is 36.4 Å². The minimum absolute atomic E-state index is 0.0434. The molecule has 0 radical (unpaired) electrons. The average Bonchev–Trinajstić information content (AvgIpc) is 3.33. The van der Waals surface area contributed by atoms with E-state index in [9.17, 15) is 9.59 Å². The Morgan fingerprint density at radius 3 is 2.43 bits per heavy atom. The van der Waals surface area contributed by atoms with Crippen molar-refractivity contribution in [2.45, 2.75) is 19.8 Å². The summed E-state index contributed by atoms with van der Waals surface area (Å²) in [5.41, 5.74) is 1.97. The fraction of sp³-hybridized carbons (Fsp3) is 0.304. The van der Waals surface area contributed by atoms with Gasteiger partial charge in [-0.15, -0.1) is 11.3 Å². The van der Waals surface area contributed by atoms with Gasteiger partial charge in [0.1, 0.15) is 11.6 Å². The summed E-state index contributed by atoms with van der Waals surface area (Å²) in [6.45, 7) is 4.61. The zero-order valence-electron chi connectivity index (χ0n) is 17.0. The second kappa shape index (κ2) is 9.17. The molecule has 0 spiro atoms. The Hall–Kier alpha value is -3.06. The van der Waals surface area contributed by atoms with Gasteiger partial charge in [0.2, 0.25) is 5.91 Å². The summed E-state index contributed by atoms with van der Waals surface area (Å²) in [6.07, 6.45) is 0.534. The average molecular weight is 421 g/mol. The fourth-order valence-corrected chi connectivity index (χ4v) is 4.29. The molecule has 30 heavy (non-hydrogen) atoms. The van der Waals surface area contributed by atoms with Gasteiger partial charge < -0.3 is 9.80 Å². The van der Waals surface area contributed by atoms with E-state index >= 15 is 0 Å². The highest BCUT2D eigenvalue weighted by atomic mass is 32.1. The van der Waals surface area contributed by atoms with Crippen molar-refractivity contribution in [3.05, 3.63) is 64.6 Å². The van der Waals surface area contributed by atoms with E-state index in [0.29, 0.717) is 13.1 Å². The van der Waals surface area contributed by atoms with Crippen LogP contribution in [0.3, 0.4) is 0 Å². The van der Waals surface area contributed by atoms with Crippen molar-refractivity contribution in [1.82, 2.24) is 14.9 Å². The third-order valence-electron chi connectivity index (χ3n) is 5.21. The van der Waals surface area contributed by atoms with Crippen molar-refractivity contribution in [3.8, 4) is 11.3 Å². The van der Waals surface area contributed by atoms with Crippen LogP contribution < -0.4 is 4.90 Å². The first-order valence-corrected chi connectivity index (χ1v) is 11.0. The summed E-state index contributed by atoms with van der Waals surface area (Å²) in [5.74, 6) is 1.71. The molecule has 1 aromatic carbocycles. The Morgan fingerprint density at radius 2 is 1.73 bits per heavy atom. The summed E-state index contributed by atoms with van der Waals surface area (Å²) in [6, 6.07) is 15.8. The monoisotopic (exact) mass is 420 g/mol. The quantitative estimate of drug-likeness (QED) is 0.567. The Labute approximate surface area is 180 Å². The van der Waals surface area contributed by atoms with Gasteiger partial charge in [0, 0.05) is 50.7 Å². The van der Waals surface area contributed by atoms with Crippen molar-refractivity contribution >= 4 is 28.8 Å². The fourth-order valence-electron chi connectivity index (χ4n) is 3.59. The standard InChI is InChI=1S/C23H24N4O2S/c1-17-24-19(18-6-3-2-4-7-18)16-22(25-17)26-11-13-27(14-12-26)23(29)10-9-20(28)21-8-5-15-30-21/h2-8,15-16H,9-14H2,1H3. The maximum Gasteiger partial charge on any atom is 0.223 e. The molecular weight excluding hydrogens is 396 g/mol. The van der Waals surface area contributed by atoms with Gasteiger partial charge >= 0.3 is 0 Å². The number of nitrogens with zero attached hydrogens (tertiary/aromatic N) is 4. The minimum atomic E-state index is 0.0434. The molecule has 2 aromatic heterocycles. The largest absolute Gasteiger partial charge is 0.353 e. The van der Waals surface area contributed by atoms with E-state index in [1.54, 1.807) is 0 Å². The summed E-state index contributed by atoms with van der Waals surface area (Å²) in [7, 11) is 0. The third kappa shape index (κ3) is 4.74. The predicted molar refractivity (Wildman–Crippen MR) is 119 cm³/mol. The Kier molecular flexibility index (Phi) is 6.18. The molecule has 0 atom stereocenters. The summed E-state index contributed by atoms with van der Waals surface area (Å²) in [4.78, 5) is 38.6. The van der Waals surface area contributed by atoms with Crippen molar-refractivity contribution < 1.29 is 9.59 Å². The number of amides is 1. The molecule has 0 unspecified atom stereocenters. The van der Waals surface area contributed by atoms with Gasteiger partial charge in [-0.05, 0) is 18.4 Å². The molecule has 1 fully saturated rings. The zero-order chi connectivity index (χ0) is 20.9. The van der Waals surface area contributed by atoms with E-state index in [1.165, 1.54) is 11.3 Å². The highest BCUT2D eigenvalue weighted by molar-refractivity contribution is 7.12. The zero-order valence-corrected chi connectivity index (χ0v) is 17.8. The van der Waals surface area contributed by atoms with Crippen LogP contribution in [0.4, 0.5) is 5.82 Å². The number of aromatic nitrogens is 2. The lowest BCUT2D eigenvalue weighted by Crippen LogP contribution is -2.49. The smallest absolute Gasteiger partial charge is 0.223 e. The SMILES string of the molecule is Cc1nc(-c2ccccc2)cc(N2CCN(C(=O)CCC(=O)c3cccs3)CC2)n1. The minimum Gasteiger partial charge on any atom is -0.353 e. The normalized spacial score (nSPS) is 14.0. The number of benzene rings is 1. The van der Waals surface area contributed by atoms with Crippen LogP contribution in [0.15, 0.2) is 53.9 Å². The molecule has 4 rings (SSSR count). The van der Waals surface area contributed by atoms with Gasteiger partial charge in [-0.3, -0.25) is 9.59 Å². The number of carbonyl (C=O) groups is 2. The molecule has 0 bridgehead atoms. The van der Waals surface area contributed by atoms with Crippen LogP contribution in [0.5, 0.6) is 0 Å². The Bertz CT molecular complexity index is 1010. The molecule has 1 aliphatic rings. The Balaban J connectivity index is 1.35. The lowest BCUT2D eigenvalue weighted by molar-refractivity contribution is -0.131. The molecule has 6 nitrogen and oxygen atoms in total. The number of rotatable bonds is 6. The van der Waals surface area contributed by atoms with Crippen molar-refractivity contribution in [1.29, 1.82) is 0 Å². The topological polar surface area (TPSA) is 66.4 Å². The van der Waals surface area contributed by atoms with E-state index in [0.717, 1.165) is 40.9 Å². The highest BCUT2D eigenvalue weighted by Crippen LogP contribution is 2.23. The van der Waals surface area contributed by atoms with Gasteiger partial charge in [-0.25, -0.2) is 9.97 Å². The first-order chi connectivity index (χ1) is 14.6. The lowest BCUT2D eigenvalue weighted by atomic mass is 10.1. The molecule has 1 saturated heterocycles. The molecule has 3 heterocycles. The van der Waals surface area contributed by atoms with E-state index in [-0.39, 0.29) is 24.5 Å². The van der Waals surface area contributed by atoms with Crippen LogP contribution in [0.1, 0.15) is 28.3 Å². The maximum absolute atomic E-state index is 12.5. The van der Waals surface area contributed by atoms with Crippen LogP contribution >= 0.6 is 11.3 Å². The molecule has 0 aliphatic carbocycles. The summed E-state index contributed by atoms with van der Waals surface area (Å²) in [5, 5.41) is 1.88. The van der Waals surface area contributed by atoms with Crippen molar-refractivity contribution in [2.24, 2.45) is 0 Å². The van der Waals surface area contributed by atoms with E-state index in [1.807, 2.05) is 65.7 Å². The van der Waals surface area contributed by atoms with Gasteiger partial charge in [0.25, 0.3) is 0 Å². The number of ketones is 1. The number of hydrogen-bond donors (Lipinski definition) is 0. The van der Waals surface area contributed by atoms with Crippen LogP contribution in [0, 0.1) is 6.92 Å². The Morgan fingerprint density at radius 1 is 0.967 bits per heavy atom. The van der Waals surface area contributed by atoms with E-state index in [4.69, 9.17) is 0 Å². The van der Waals surface area contributed by atoms with Crippen LogP contribution in [0.2, 0.25) is 0 Å². The second-order valence-corrected chi connectivity index (χ2v) is 8.24. The predicted octanol–water partition coefficient (Wildman–Crippen LogP) is 3.83. The van der Waals surface area contributed by atoms with Crippen LogP contribution in [0.25, 0.3) is 11.3 Å². The highest BCUT2D eigenvalue weighted by Gasteiger charge is 2.23.